The molecule has 0 aliphatic carbocycles. The molecule has 0 atom stereocenters. The van der Waals surface area contributed by atoms with Crippen molar-refractivity contribution in [3.8, 4) is 0 Å². The van der Waals surface area contributed by atoms with Crippen molar-refractivity contribution in [3.63, 3.8) is 0 Å². The molecule has 0 saturated carbocycles. The summed E-state index contributed by atoms with van der Waals surface area (Å²) in [4.78, 5) is 13.9. The SMILES string of the molecule is Cl.O=C(NCCCN1CCNCC1)c1ccco1. The highest BCUT2D eigenvalue weighted by Crippen LogP contribution is 1.99. The number of carbonyl (C=O) groups excluding carboxylic acids is 1. The average molecular weight is 274 g/mol. The van der Waals surface area contributed by atoms with Crippen molar-refractivity contribution in [2.75, 3.05) is 39.3 Å². The lowest BCUT2D eigenvalue weighted by Crippen LogP contribution is -2.44. The molecule has 6 heteroatoms. The summed E-state index contributed by atoms with van der Waals surface area (Å²) in [6, 6.07) is 3.39. The van der Waals surface area contributed by atoms with Gasteiger partial charge >= 0.3 is 0 Å². The van der Waals surface area contributed by atoms with Gasteiger partial charge in [-0.3, -0.25) is 4.79 Å². The van der Waals surface area contributed by atoms with Crippen LogP contribution in [0.3, 0.4) is 0 Å². The fourth-order valence-corrected chi connectivity index (χ4v) is 1.93. The molecule has 5 nitrogen and oxygen atoms in total. The topological polar surface area (TPSA) is 57.5 Å². The zero-order chi connectivity index (χ0) is 11.9. The Morgan fingerprint density at radius 1 is 1.44 bits per heavy atom. The van der Waals surface area contributed by atoms with E-state index in [-0.39, 0.29) is 18.3 Å². The summed E-state index contributed by atoms with van der Waals surface area (Å²) >= 11 is 0. The van der Waals surface area contributed by atoms with Crippen LogP contribution in [-0.2, 0) is 0 Å². The molecule has 1 saturated heterocycles. The van der Waals surface area contributed by atoms with Gasteiger partial charge in [0.25, 0.3) is 5.91 Å². The number of halogens is 1. The summed E-state index contributed by atoms with van der Waals surface area (Å²) in [5.74, 6) is 0.252. The first-order valence-electron chi connectivity index (χ1n) is 6.11. The second-order valence-electron chi connectivity index (χ2n) is 4.18. The van der Waals surface area contributed by atoms with E-state index in [2.05, 4.69) is 15.5 Å². The summed E-state index contributed by atoms with van der Waals surface area (Å²) in [7, 11) is 0. The van der Waals surface area contributed by atoms with Crippen LogP contribution in [0.5, 0.6) is 0 Å². The van der Waals surface area contributed by atoms with E-state index in [9.17, 15) is 4.79 Å². The maximum Gasteiger partial charge on any atom is 0.286 e. The Balaban J connectivity index is 0.00000162. The average Bonchev–Trinajstić information content (AvgIpc) is 2.89. The molecule has 0 unspecified atom stereocenters. The molecule has 1 amide bonds. The molecule has 18 heavy (non-hydrogen) atoms. The molecule has 1 aromatic rings. The molecule has 1 fully saturated rings. The van der Waals surface area contributed by atoms with Gasteiger partial charge in [-0.05, 0) is 25.1 Å². The largest absolute Gasteiger partial charge is 0.459 e. The maximum atomic E-state index is 11.5. The van der Waals surface area contributed by atoms with E-state index in [4.69, 9.17) is 4.42 Å². The highest BCUT2D eigenvalue weighted by molar-refractivity contribution is 5.91. The second kappa shape index (κ2) is 8.13. The third kappa shape index (κ3) is 4.68. The van der Waals surface area contributed by atoms with Gasteiger partial charge in [0, 0.05) is 32.7 Å². The molecule has 2 rings (SSSR count). The molecule has 1 aliphatic heterocycles. The first-order chi connectivity index (χ1) is 8.36. The summed E-state index contributed by atoms with van der Waals surface area (Å²) in [5, 5.41) is 6.17. The molecule has 1 aromatic heterocycles. The van der Waals surface area contributed by atoms with Crippen LogP contribution in [0.4, 0.5) is 0 Å². The molecule has 2 N–H and O–H groups in total. The normalized spacial score (nSPS) is 16.0. The van der Waals surface area contributed by atoms with Gasteiger partial charge in [-0.2, -0.15) is 0 Å². The summed E-state index contributed by atoms with van der Waals surface area (Å²) in [5.41, 5.74) is 0. The number of carbonyl (C=O) groups is 1. The Morgan fingerprint density at radius 3 is 2.89 bits per heavy atom. The minimum atomic E-state index is -0.129. The predicted molar refractivity (Wildman–Crippen MR) is 72.2 cm³/mol. The van der Waals surface area contributed by atoms with E-state index >= 15 is 0 Å². The van der Waals surface area contributed by atoms with Crippen LogP contribution in [0.2, 0.25) is 0 Å². The van der Waals surface area contributed by atoms with Crippen molar-refractivity contribution in [2.24, 2.45) is 0 Å². The molecule has 0 aromatic carbocycles. The van der Waals surface area contributed by atoms with Crippen molar-refractivity contribution < 1.29 is 9.21 Å². The standard InChI is InChI=1S/C12H19N3O2.ClH/c16-12(11-3-1-10-17-11)14-4-2-7-15-8-5-13-6-9-15;/h1,3,10,13H,2,4-9H2,(H,14,16);1H. The number of hydrogen-bond acceptors (Lipinski definition) is 4. The lowest BCUT2D eigenvalue weighted by atomic mass is 10.3. The van der Waals surface area contributed by atoms with E-state index in [1.807, 2.05) is 0 Å². The van der Waals surface area contributed by atoms with E-state index in [0.29, 0.717) is 12.3 Å². The fourth-order valence-electron chi connectivity index (χ4n) is 1.93. The number of piperazine rings is 1. The molecule has 1 aliphatic rings. The van der Waals surface area contributed by atoms with Crippen molar-refractivity contribution >= 4 is 18.3 Å². The first kappa shape index (κ1) is 15.0. The lowest BCUT2D eigenvalue weighted by molar-refractivity contribution is 0.0923. The molecular weight excluding hydrogens is 254 g/mol. The van der Waals surface area contributed by atoms with Gasteiger partial charge in [0.15, 0.2) is 5.76 Å². The van der Waals surface area contributed by atoms with Gasteiger partial charge in [-0.25, -0.2) is 0 Å². The summed E-state index contributed by atoms with van der Waals surface area (Å²) in [6.45, 7) is 6.08. The van der Waals surface area contributed by atoms with Crippen molar-refractivity contribution in [1.82, 2.24) is 15.5 Å². The molecule has 0 bridgehead atoms. The van der Waals surface area contributed by atoms with E-state index in [1.54, 1.807) is 12.1 Å². The van der Waals surface area contributed by atoms with Gasteiger partial charge < -0.3 is 20.0 Å². The van der Waals surface area contributed by atoms with Crippen molar-refractivity contribution in [3.05, 3.63) is 24.2 Å². The third-order valence-electron chi connectivity index (χ3n) is 2.89. The highest BCUT2D eigenvalue weighted by Gasteiger charge is 2.10. The van der Waals surface area contributed by atoms with Crippen LogP contribution in [0.25, 0.3) is 0 Å². The Labute approximate surface area is 113 Å². The molecule has 2 heterocycles. The van der Waals surface area contributed by atoms with Crippen LogP contribution in [0.15, 0.2) is 22.8 Å². The monoisotopic (exact) mass is 273 g/mol. The minimum Gasteiger partial charge on any atom is -0.459 e. The Hall–Kier alpha value is -1.04. The lowest BCUT2D eigenvalue weighted by Gasteiger charge is -2.26. The third-order valence-corrected chi connectivity index (χ3v) is 2.89. The Bertz CT molecular complexity index is 337. The molecule has 102 valence electrons. The molecule has 0 radical (unpaired) electrons. The number of nitrogens with zero attached hydrogens (tertiary/aromatic N) is 1. The number of furan rings is 1. The van der Waals surface area contributed by atoms with Gasteiger partial charge in [0.05, 0.1) is 6.26 Å². The predicted octanol–water partition coefficient (Wildman–Crippen LogP) is 0.726. The smallest absolute Gasteiger partial charge is 0.286 e. The van der Waals surface area contributed by atoms with Crippen LogP contribution in [0, 0.1) is 0 Å². The Kier molecular flexibility index (Phi) is 6.78. The summed E-state index contributed by atoms with van der Waals surface area (Å²) in [6.07, 6.45) is 2.49. The molecular formula is C12H20ClN3O2. The zero-order valence-electron chi connectivity index (χ0n) is 10.4. The quantitative estimate of drug-likeness (QED) is 0.777. The van der Waals surface area contributed by atoms with Crippen molar-refractivity contribution in [2.45, 2.75) is 6.42 Å². The van der Waals surface area contributed by atoms with Gasteiger partial charge in [0.1, 0.15) is 0 Å². The van der Waals surface area contributed by atoms with Gasteiger partial charge in [-0.15, -0.1) is 12.4 Å². The number of amides is 1. The zero-order valence-corrected chi connectivity index (χ0v) is 11.2. The first-order valence-corrected chi connectivity index (χ1v) is 6.11. The van der Waals surface area contributed by atoms with E-state index < -0.39 is 0 Å². The number of hydrogen-bond donors (Lipinski definition) is 2. The second-order valence-corrected chi connectivity index (χ2v) is 4.18. The maximum absolute atomic E-state index is 11.5. The van der Waals surface area contributed by atoms with Crippen LogP contribution in [-0.4, -0.2) is 50.1 Å². The molecule has 0 spiro atoms. The number of nitrogens with one attached hydrogen (secondary N) is 2. The minimum absolute atomic E-state index is 0. The van der Waals surface area contributed by atoms with Crippen LogP contribution < -0.4 is 10.6 Å². The summed E-state index contributed by atoms with van der Waals surface area (Å²) < 4.78 is 5.01. The van der Waals surface area contributed by atoms with Crippen LogP contribution in [0.1, 0.15) is 17.0 Å². The fraction of sp³-hybridized carbons (Fsp3) is 0.583. The van der Waals surface area contributed by atoms with Gasteiger partial charge in [-0.1, -0.05) is 0 Å². The highest BCUT2D eigenvalue weighted by atomic mass is 35.5. The van der Waals surface area contributed by atoms with E-state index in [1.165, 1.54) is 6.26 Å². The Morgan fingerprint density at radius 2 is 2.22 bits per heavy atom. The number of rotatable bonds is 5. The van der Waals surface area contributed by atoms with E-state index in [0.717, 1.165) is 39.1 Å². The van der Waals surface area contributed by atoms with Crippen LogP contribution >= 0.6 is 12.4 Å². The van der Waals surface area contributed by atoms with Crippen molar-refractivity contribution in [1.29, 1.82) is 0 Å². The van der Waals surface area contributed by atoms with Gasteiger partial charge in [0.2, 0.25) is 0 Å².